The van der Waals surface area contributed by atoms with Crippen LogP contribution < -0.4 is 5.32 Å². The van der Waals surface area contributed by atoms with Gasteiger partial charge in [0.15, 0.2) is 11.6 Å². The SMILES string of the molecule is CCCN(C(=O)c1cc(F)c(F)cc1Br)C1CCNCC1. The van der Waals surface area contributed by atoms with Gasteiger partial charge in [0.2, 0.25) is 0 Å². The summed E-state index contributed by atoms with van der Waals surface area (Å²) in [6, 6.07) is 2.14. The number of carbonyl (C=O) groups is 1. The van der Waals surface area contributed by atoms with Crippen LogP contribution in [0.15, 0.2) is 16.6 Å². The third kappa shape index (κ3) is 3.80. The van der Waals surface area contributed by atoms with E-state index < -0.39 is 11.6 Å². The Kier molecular flexibility index (Phi) is 5.70. The number of hydrogen-bond acceptors (Lipinski definition) is 2. The molecule has 1 aromatic carbocycles. The Hall–Kier alpha value is -1.01. The molecule has 0 radical (unpaired) electrons. The molecule has 1 aliphatic rings. The van der Waals surface area contributed by atoms with Crippen LogP contribution in [-0.4, -0.2) is 36.5 Å². The van der Waals surface area contributed by atoms with Crippen LogP contribution in [-0.2, 0) is 0 Å². The van der Waals surface area contributed by atoms with Gasteiger partial charge in [-0.1, -0.05) is 6.92 Å². The summed E-state index contributed by atoms with van der Waals surface area (Å²) in [5.41, 5.74) is 0.181. The fourth-order valence-electron chi connectivity index (χ4n) is 2.65. The van der Waals surface area contributed by atoms with Crippen molar-refractivity contribution in [2.24, 2.45) is 0 Å². The van der Waals surface area contributed by atoms with Gasteiger partial charge in [0.1, 0.15) is 0 Å². The zero-order valence-corrected chi connectivity index (χ0v) is 13.6. The molecule has 3 nitrogen and oxygen atoms in total. The molecule has 0 aliphatic carbocycles. The van der Waals surface area contributed by atoms with E-state index in [4.69, 9.17) is 0 Å². The molecule has 21 heavy (non-hydrogen) atoms. The first-order chi connectivity index (χ1) is 10.0. The Balaban J connectivity index is 2.27. The van der Waals surface area contributed by atoms with Crippen molar-refractivity contribution in [3.8, 4) is 0 Å². The summed E-state index contributed by atoms with van der Waals surface area (Å²) in [5.74, 6) is -2.19. The maximum Gasteiger partial charge on any atom is 0.255 e. The van der Waals surface area contributed by atoms with Crippen molar-refractivity contribution in [1.29, 1.82) is 0 Å². The molecule has 1 fully saturated rings. The topological polar surface area (TPSA) is 32.3 Å². The molecule has 0 atom stereocenters. The summed E-state index contributed by atoms with van der Waals surface area (Å²) < 4.78 is 26.9. The number of carbonyl (C=O) groups excluding carboxylic acids is 1. The van der Waals surface area contributed by atoms with E-state index in [1.54, 1.807) is 4.90 Å². The van der Waals surface area contributed by atoms with Crippen LogP contribution in [0.4, 0.5) is 8.78 Å². The highest BCUT2D eigenvalue weighted by Gasteiger charge is 2.27. The van der Waals surface area contributed by atoms with Crippen LogP contribution in [0.3, 0.4) is 0 Å². The second-order valence-corrected chi connectivity index (χ2v) is 6.08. The molecule has 0 bridgehead atoms. The molecular formula is C15H19BrF2N2O. The fraction of sp³-hybridized carbons (Fsp3) is 0.533. The lowest BCUT2D eigenvalue weighted by molar-refractivity contribution is 0.0641. The smallest absolute Gasteiger partial charge is 0.255 e. The van der Waals surface area contributed by atoms with Crippen molar-refractivity contribution in [3.05, 3.63) is 33.8 Å². The molecule has 1 aromatic rings. The standard InChI is InChI=1S/C15H19BrF2N2O/c1-2-7-20(10-3-5-19-6-4-10)15(21)11-8-13(17)14(18)9-12(11)16/h8-10,19H,2-7H2,1H3. The number of hydrogen-bond donors (Lipinski definition) is 1. The summed E-state index contributed by atoms with van der Waals surface area (Å²) >= 11 is 3.16. The predicted octanol–water partition coefficient (Wildman–Crippen LogP) is 3.33. The number of piperidine rings is 1. The van der Waals surface area contributed by atoms with Gasteiger partial charge >= 0.3 is 0 Å². The monoisotopic (exact) mass is 360 g/mol. The summed E-state index contributed by atoms with van der Waals surface area (Å²) in [6.45, 7) is 4.37. The molecule has 2 rings (SSSR count). The molecular weight excluding hydrogens is 342 g/mol. The van der Waals surface area contributed by atoms with E-state index in [0.717, 1.165) is 44.5 Å². The molecule has 0 aromatic heterocycles. The highest BCUT2D eigenvalue weighted by molar-refractivity contribution is 9.10. The van der Waals surface area contributed by atoms with Crippen LogP contribution in [0, 0.1) is 11.6 Å². The molecule has 1 saturated heterocycles. The number of benzene rings is 1. The van der Waals surface area contributed by atoms with Gasteiger partial charge < -0.3 is 10.2 Å². The highest BCUT2D eigenvalue weighted by atomic mass is 79.9. The Labute approximate surface area is 131 Å². The van der Waals surface area contributed by atoms with E-state index in [2.05, 4.69) is 21.2 Å². The summed E-state index contributed by atoms with van der Waals surface area (Å²) in [6.07, 6.45) is 2.59. The van der Waals surface area contributed by atoms with Gasteiger partial charge in [-0.05, 0) is 60.4 Å². The largest absolute Gasteiger partial charge is 0.336 e. The first kappa shape index (κ1) is 16.4. The van der Waals surface area contributed by atoms with Gasteiger partial charge in [-0.15, -0.1) is 0 Å². The summed E-state index contributed by atoms with van der Waals surface area (Å²) in [4.78, 5) is 14.5. The van der Waals surface area contributed by atoms with Gasteiger partial charge in [0.25, 0.3) is 5.91 Å². The summed E-state index contributed by atoms with van der Waals surface area (Å²) in [7, 11) is 0. The minimum Gasteiger partial charge on any atom is -0.336 e. The maximum atomic E-state index is 13.4. The lowest BCUT2D eigenvalue weighted by Gasteiger charge is -2.35. The minimum absolute atomic E-state index is 0.152. The van der Waals surface area contributed by atoms with Crippen LogP contribution in [0.25, 0.3) is 0 Å². The van der Waals surface area contributed by atoms with Crippen molar-refractivity contribution in [2.75, 3.05) is 19.6 Å². The molecule has 1 N–H and O–H groups in total. The molecule has 1 heterocycles. The number of nitrogens with zero attached hydrogens (tertiary/aromatic N) is 1. The number of rotatable bonds is 4. The quantitative estimate of drug-likeness (QED) is 0.835. The zero-order chi connectivity index (χ0) is 15.4. The molecule has 116 valence electrons. The zero-order valence-electron chi connectivity index (χ0n) is 12.0. The van der Waals surface area contributed by atoms with Crippen molar-refractivity contribution in [2.45, 2.75) is 32.2 Å². The molecule has 0 unspecified atom stereocenters. The van der Waals surface area contributed by atoms with E-state index in [1.807, 2.05) is 6.92 Å². The van der Waals surface area contributed by atoms with Gasteiger partial charge in [0, 0.05) is 17.1 Å². The van der Waals surface area contributed by atoms with Gasteiger partial charge in [-0.2, -0.15) is 0 Å². The van der Waals surface area contributed by atoms with Crippen LogP contribution in [0.5, 0.6) is 0 Å². The van der Waals surface area contributed by atoms with E-state index in [9.17, 15) is 13.6 Å². The second kappa shape index (κ2) is 7.31. The molecule has 1 amide bonds. The lowest BCUT2D eigenvalue weighted by atomic mass is 10.0. The van der Waals surface area contributed by atoms with Crippen molar-refractivity contribution in [3.63, 3.8) is 0 Å². The van der Waals surface area contributed by atoms with Crippen LogP contribution in [0.1, 0.15) is 36.5 Å². The molecule has 1 aliphatic heterocycles. The Morgan fingerprint density at radius 3 is 2.57 bits per heavy atom. The number of halogens is 3. The van der Waals surface area contributed by atoms with Gasteiger partial charge in [-0.25, -0.2) is 8.78 Å². The average molecular weight is 361 g/mol. The highest BCUT2D eigenvalue weighted by Crippen LogP contribution is 2.24. The number of nitrogens with one attached hydrogen (secondary N) is 1. The summed E-state index contributed by atoms with van der Waals surface area (Å²) in [5, 5.41) is 3.26. The first-order valence-electron chi connectivity index (χ1n) is 7.20. The van der Waals surface area contributed by atoms with E-state index in [-0.39, 0.29) is 17.5 Å². The second-order valence-electron chi connectivity index (χ2n) is 5.23. The Morgan fingerprint density at radius 1 is 1.33 bits per heavy atom. The normalized spacial score (nSPS) is 16.0. The van der Waals surface area contributed by atoms with E-state index in [0.29, 0.717) is 11.0 Å². The van der Waals surface area contributed by atoms with Gasteiger partial charge in [0.05, 0.1) is 5.56 Å². The van der Waals surface area contributed by atoms with Gasteiger partial charge in [-0.3, -0.25) is 4.79 Å². The number of amides is 1. The third-order valence-corrected chi connectivity index (χ3v) is 4.37. The van der Waals surface area contributed by atoms with Crippen molar-refractivity contribution in [1.82, 2.24) is 10.2 Å². The van der Waals surface area contributed by atoms with Crippen LogP contribution in [0.2, 0.25) is 0 Å². The van der Waals surface area contributed by atoms with E-state index in [1.165, 1.54) is 0 Å². The predicted molar refractivity (Wildman–Crippen MR) is 81.3 cm³/mol. The minimum atomic E-state index is -0.997. The van der Waals surface area contributed by atoms with Crippen molar-refractivity contribution >= 4 is 21.8 Å². The maximum absolute atomic E-state index is 13.4. The Morgan fingerprint density at radius 2 is 1.95 bits per heavy atom. The lowest BCUT2D eigenvalue weighted by Crippen LogP contribution is -2.46. The average Bonchev–Trinajstić information content (AvgIpc) is 2.49. The van der Waals surface area contributed by atoms with E-state index >= 15 is 0 Å². The Bertz CT molecular complexity index is 519. The first-order valence-corrected chi connectivity index (χ1v) is 8.00. The third-order valence-electron chi connectivity index (χ3n) is 3.72. The molecule has 0 spiro atoms. The molecule has 6 heteroatoms. The molecule has 0 saturated carbocycles. The van der Waals surface area contributed by atoms with Crippen LogP contribution >= 0.6 is 15.9 Å². The fourth-order valence-corrected chi connectivity index (χ4v) is 3.14. The van der Waals surface area contributed by atoms with Crippen molar-refractivity contribution < 1.29 is 13.6 Å².